The molecule has 5 nitrogen and oxygen atoms in total. The second kappa shape index (κ2) is 8.65. The fourth-order valence-corrected chi connectivity index (χ4v) is 4.23. The molecule has 2 aromatic rings. The van der Waals surface area contributed by atoms with Crippen LogP contribution >= 0.6 is 0 Å². The first-order valence-corrected chi connectivity index (χ1v) is 10.2. The van der Waals surface area contributed by atoms with Crippen molar-refractivity contribution in [2.75, 3.05) is 44.7 Å². The summed E-state index contributed by atoms with van der Waals surface area (Å²) in [5.74, 6) is 0.644. The molecule has 1 fully saturated rings. The predicted octanol–water partition coefficient (Wildman–Crippen LogP) is 3.01. The molecular formula is C23H29N3O2. The van der Waals surface area contributed by atoms with Crippen molar-refractivity contribution in [1.29, 1.82) is 0 Å². The summed E-state index contributed by atoms with van der Waals surface area (Å²) in [6.45, 7) is 3.94. The summed E-state index contributed by atoms with van der Waals surface area (Å²) < 4.78 is 5.57. The molecule has 1 N–H and O–H groups in total. The second-order valence-corrected chi connectivity index (χ2v) is 7.72. The highest BCUT2D eigenvalue weighted by Gasteiger charge is 2.26. The van der Waals surface area contributed by atoms with Crippen LogP contribution in [0.15, 0.2) is 48.5 Å². The molecule has 0 aromatic heterocycles. The van der Waals surface area contributed by atoms with Crippen molar-refractivity contribution >= 4 is 11.6 Å². The molecule has 1 amide bonds. The molecule has 4 rings (SSSR count). The normalized spacial score (nSPS) is 17.4. The lowest BCUT2D eigenvalue weighted by Gasteiger charge is -2.29. The van der Waals surface area contributed by atoms with Crippen LogP contribution in [0, 0.1) is 0 Å². The standard InChI is InChI=1S/C23H29N3O2/c1-25-14-11-19-15-18(9-10-21(19)25)22(26-12-5-6-13-26)16-24-23(27)17-28-20-7-3-2-4-8-20/h2-4,7-10,15,22H,5-6,11-14,16-17H2,1H3,(H,24,27). The van der Waals surface area contributed by atoms with Crippen LogP contribution in [0.25, 0.3) is 0 Å². The molecule has 2 aliphatic rings. The maximum atomic E-state index is 12.3. The minimum absolute atomic E-state index is 0.0473. The number of hydrogen-bond donors (Lipinski definition) is 1. The van der Waals surface area contributed by atoms with Gasteiger partial charge in [0.2, 0.25) is 0 Å². The molecule has 28 heavy (non-hydrogen) atoms. The van der Waals surface area contributed by atoms with Gasteiger partial charge in [-0.05, 0) is 61.7 Å². The van der Waals surface area contributed by atoms with E-state index >= 15 is 0 Å². The van der Waals surface area contributed by atoms with E-state index < -0.39 is 0 Å². The van der Waals surface area contributed by atoms with Gasteiger partial charge in [0.1, 0.15) is 5.75 Å². The Kier molecular flexibility index (Phi) is 5.81. The van der Waals surface area contributed by atoms with Gasteiger partial charge in [0.25, 0.3) is 5.91 Å². The van der Waals surface area contributed by atoms with Crippen molar-refractivity contribution in [1.82, 2.24) is 10.2 Å². The van der Waals surface area contributed by atoms with Gasteiger partial charge in [0.15, 0.2) is 6.61 Å². The topological polar surface area (TPSA) is 44.8 Å². The summed E-state index contributed by atoms with van der Waals surface area (Å²) in [6, 6.07) is 16.5. The zero-order valence-corrected chi connectivity index (χ0v) is 16.6. The van der Waals surface area contributed by atoms with Gasteiger partial charge in [0, 0.05) is 25.8 Å². The van der Waals surface area contributed by atoms with Crippen molar-refractivity contribution in [3.05, 3.63) is 59.7 Å². The number of carbonyl (C=O) groups excluding carboxylic acids is 1. The molecule has 148 valence electrons. The van der Waals surface area contributed by atoms with E-state index in [1.807, 2.05) is 30.3 Å². The molecule has 1 unspecified atom stereocenters. The fraction of sp³-hybridized carbons (Fsp3) is 0.435. The van der Waals surface area contributed by atoms with Crippen LogP contribution in [0.2, 0.25) is 0 Å². The highest BCUT2D eigenvalue weighted by molar-refractivity contribution is 5.77. The van der Waals surface area contributed by atoms with Crippen LogP contribution in [0.5, 0.6) is 5.75 Å². The summed E-state index contributed by atoms with van der Waals surface area (Å²) in [5, 5.41) is 3.09. The van der Waals surface area contributed by atoms with Crippen LogP contribution in [-0.4, -0.2) is 50.6 Å². The van der Waals surface area contributed by atoms with E-state index in [2.05, 4.69) is 40.4 Å². The Morgan fingerprint density at radius 1 is 1.11 bits per heavy atom. The minimum Gasteiger partial charge on any atom is -0.484 e. The number of nitrogens with zero attached hydrogens (tertiary/aromatic N) is 2. The van der Waals surface area contributed by atoms with E-state index in [1.54, 1.807) is 0 Å². The predicted molar refractivity (Wildman–Crippen MR) is 112 cm³/mol. The first-order valence-electron chi connectivity index (χ1n) is 10.2. The zero-order valence-electron chi connectivity index (χ0n) is 16.6. The van der Waals surface area contributed by atoms with Crippen molar-refractivity contribution in [2.24, 2.45) is 0 Å². The second-order valence-electron chi connectivity index (χ2n) is 7.72. The number of benzene rings is 2. The highest BCUT2D eigenvalue weighted by atomic mass is 16.5. The number of likely N-dealkylation sites (tertiary alicyclic amines) is 1. The van der Waals surface area contributed by atoms with Gasteiger partial charge in [-0.15, -0.1) is 0 Å². The van der Waals surface area contributed by atoms with Crippen molar-refractivity contribution in [3.8, 4) is 5.75 Å². The number of fused-ring (bicyclic) bond motifs is 1. The molecule has 1 atom stereocenters. The van der Waals surface area contributed by atoms with Crippen LogP contribution < -0.4 is 15.0 Å². The quantitative estimate of drug-likeness (QED) is 0.803. The number of nitrogens with one attached hydrogen (secondary N) is 1. The minimum atomic E-state index is -0.0751. The summed E-state index contributed by atoms with van der Waals surface area (Å²) in [4.78, 5) is 17.1. The van der Waals surface area contributed by atoms with E-state index in [1.165, 1.54) is 29.7 Å². The average molecular weight is 380 g/mol. The number of amides is 1. The molecule has 2 aliphatic heterocycles. The summed E-state index contributed by atoms with van der Waals surface area (Å²) in [6.07, 6.45) is 3.56. The van der Waals surface area contributed by atoms with E-state index in [9.17, 15) is 4.79 Å². The van der Waals surface area contributed by atoms with Crippen molar-refractivity contribution in [3.63, 3.8) is 0 Å². The molecule has 1 saturated heterocycles. The van der Waals surface area contributed by atoms with Crippen LogP contribution in [0.3, 0.4) is 0 Å². The molecule has 5 heteroatoms. The van der Waals surface area contributed by atoms with E-state index in [4.69, 9.17) is 4.74 Å². The maximum Gasteiger partial charge on any atom is 0.258 e. The van der Waals surface area contributed by atoms with E-state index in [0.717, 1.165) is 31.8 Å². The van der Waals surface area contributed by atoms with Gasteiger partial charge in [-0.3, -0.25) is 9.69 Å². The lowest BCUT2D eigenvalue weighted by molar-refractivity contribution is -0.123. The molecule has 0 aliphatic carbocycles. The maximum absolute atomic E-state index is 12.3. The Labute approximate surface area is 167 Å². The Morgan fingerprint density at radius 2 is 1.89 bits per heavy atom. The van der Waals surface area contributed by atoms with Gasteiger partial charge >= 0.3 is 0 Å². The number of ether oxygens (including phenoxy) is 1. The molecular weight excluding hydrogens is 350 g/mol. The molecule has 0 radical (unpaired) electrons. The molecule has 0 spiro atoms. The number of para-hydroxylation sites is 1. The molecule has 2 heterocycles. The third-order valence-corrected chi connectivity index (χ3v) is 5.80. The molecule has 0 bridgehead atoms. The Hall–Kier alpha value is -2.53. The number of hydrogen-bond acceptors (Lipinski definition) is 4. The van der Waals surface area contributed by atoms with E-state index in [-0.39, 0.29) is 18.6 Å². The Bertz CT molecular complexity index is 803. The van der Waals surface area contributed by atoms with Gasteiger partial charge < -0.3 is 15.0 Å². The lowest BCUT2D eigenvalue weighted by atomic mass is 10.0. The number of carbonyl (C=O) groups is 1. The lowest BCUT2D eigenvalue weighted by Crippen LogP contribution is -2.38. The van der Waals surface area contributed by atoms with Gasteiger partial charge in [-0.25, -0.2) is 0 Å². The van der Waals surface area contributed by atoms with E-state index in [0.29, 0.717) is 6.54 Å². The smallest absolute Gasteiger partial charge is 0.258 e. The first-order chi connectivity index (χ1) is 13.7. The van der Waals surface area contributed by atoms with Gasteiger partial charge in [-0.2, -0.15) is 0 Å². The Morgan fingerprint density at radius 3 is 2.68 bits per heavy atom. The highest BCUT2D eigenvalue weighted by Crippen LogP contribution is 2.32. The van der Waals surface area contributed by atoms with Crippen LogP contribution in [-0.2, 0) is 11.2 Å². The third-order valence-electron chi connectivity index (χ3n) is 5.80. The Balaban J connectivity index is 1.40. The summed E-state index contributed by atoms with van der Waals surface area (Å²) in [7, 11) is 2.15. The number of rotatable bonds is 7. The summed E-state index contributed by atoms with van der Waals surface area (Å²) >= 11 is 0. The molecule has 0 saturated carbocycles. The molecule has 2 aromatic carbocycles. The summed E-state index contributed by atoms with van der Waals surface area (Å²) in [5.41, 5.74) is 4.06. The average Bonchev–Trinajstić information content (AvgIpc) is 3.38. The fourth-order valence-electron chi connectivity index (χ4n) is 4.23. The largest absolute Gasteiger partial charge is 0.484 e. The van der Waals surface area contributed by atoms with Crippen LogP contribution in [0.4, 0.5) is 5.69 Å². The zero-order chi connectivity index (χ0) is 19.3. The number of anilines is 1. The van der Waals surface area contributed by atoms with Gasteiger partial charge in [-0.1, -0.05) is 30.3 Å². The van der Waals surface area contributed by atoms with Crippen molar-refractivity contribution in [2.45, 2.75) is 25.3 Å². The monoisotopic (exact) mass is 379 g/mol. The number of likely N-dealkylation sites (N-methyl/N-ethyl adjacent to an activating group) is 1. The SMILES string of the molecule is CN1CCc2cc(C(CNC(=O)COc3ccccc3)N3CCCC3)ccc21. The first kappa shape index (κ1) is 18.8. The van der Waals surface area contributed by atoms with Crippen molar-refractivity contribution < 1.29 is 9.53 Å². The van der Waals surface area contributed by atoms with Gasteiger partial charge in [0.05, 0.1) is 6.04 Å². The third kappa shape index (κ3) is 4.30. The van der Waals surface area contributed by atoms with Crippen LogP contribution in [0.1, 0.15) is 30.0 Å².